The van der Waals surface area contributed by atoms with Gasteiger partial charge in [0.25, 0.3) is 0 Å². The monoisotopic (exact) mass is 587 g/mol. The zero-order valence-corrected chi connectivity index (χ0v) is 25.9. The molecule has 1 fully saturated rings. The standard InChI is InChI=1S/C39H34BN3O2/c1-38(2)39(3,4)45-40(44-38)34-22-14-13-21-33(34)32-20-12-11-19-31(32)27-23-25-30(26-24-27)37-42-35(28-15-7-5-8-16-28)41-36(43-37)29-17-9-6-10-18-29/h5-26H,1-4H3. The van der Waals surface area contributed by atoms with Gasteiger partial charge in [-0.1, -0.05) is 133 Å². The topological polar surface area (TPSA) is 57.1 Å². The zero-order valence-electron chi connectivity index (χ0n) is 25.9. The van der Waals surface area contributed by atoms with E-state index in [9.17, 15) is 0 Å². The molecule has 7 rings (SSSR count). The maximum atomic E-state index is 6.46. The molecule has 5 nitrogen and oxygen atoms in total. The van der Waals surface area contributed by atoms with Crippen LogP contribution < -0.4 is 5.46 Å². The van der Waals surface area contributed by atoms with Crippen molar-refractivity contribution in [1.82, 2.24) is 15.0 Å². The first-order valence-corrected chi connectivity index (χ1v) is 15.3. The van der Waals surface area contributed by atoms with E-state index in [1.54, 1.807) is 0 Å². The van der Waals surface area contributed by atoms with Crippen LogP contribution in [-0.2, 0) is 9.31 Å². The van der Waals surface area contributed by atoms with Crippen molar-refractivity contribution in [2.75, 3.05) is 0 Å². The predicted octanol–water partition coefficient (Wildman–Crippen LogP) is 8.51. The highest BCUT2D eigenvalue weighted by molar-refractivity contribution is 6.64. The molecule has 0 amide bonds. The van der Waals surface area contributed by atoms with Crippen LogP contribution in [0, 0.1) is 0 Å². The van der Waals surface area contributed by atoms with Crippen molar-refractivity contribution in [1.29, 1.82) is 0 Å². The van der Waals surface area contributed by atoms with E-state index >= 15 is 0 Å². The SMILES string of the molecule is CC1(C)OB(c2ccccc2-c2ccccc2-c2ccc(-c3nc(-c4ccccc4)nc(-c4ccccc4)n3)cc2)OC1(C)C. The molecule has 0 aliphatic carbocycles. The summed E-state index contributed by atoms with van der Waals surface area (Å²) in [5, 5.41) is 0. The van der Waals surface area contributed by atoms with Crippen molar-refractivity contribution < 1.29 is 9.31 Å². The summed E-state index contributed by atoms with van der Waals surface area (Å²) in [6, 6.07) is 45.4. The first kappa shape index (κ1) is 28.8. The van der Waals surface area contributed by atoms with Crippen LogP contribution in [0.25, 0.3) is 56.4 Å². The predicted molar refractivity (Wildman–Crippen MR) is 183 cm³/mol. The summed E-state index contributed by atoms with van der Waals surface area (Å²) in [4.78, 5) is 14.6. The molecule has 220 valence electrons. The summed E-state index contributed by atoms with van der Waals surface area (Å²) in [5.74, 6) is 1.93. The van der Waals surface area contributed by atoms with Crippen molar-refractivity contribution in [3.8, 4) is 56.4 Å². The number of benzene rings is 5. The first-order valence-electron chi connectivity index (χ1n) is 15.3. The Kier molecular flexibility index (Phi) is 7.40. The Morgan fingerprint density at radius 1 is 0.400 bits per heavy atom. The Bertz CT molecular complexity index is 1890. The van der Waals surface area contributed by atoms with Gasteiger partial charge < -0.3 is 9.31 Å². The van der Waals surface area contributed by atoms with Crippen molar-refractivity contribution in [3.05, 3.63) is 133 Å². The minimum absolute atomic E-state index is 0.421. The van der Waals surface area contributed by atoms with E-state index in [4.69, 9.17) is 24.3 Å². The van der Waals surface area contributed by atoms with E-state index in [2.05, 4.69) is 94.4 Å². The van der Waals surface area contributed by atoms with Crippen LogP contribution in [0.3, 0.4) is 0 Å². The molecule has 6 heteroatoms. The van der Waals surface area contributed by atoms with Gasteiger partial charge in [0.1, 0.15) is 0 Å². The van der Waals surface area contributed by atoms with Crippen molar-refractivity contribution in [2.24, 2.45) is 0 Å². The molecule has 6 aromatic rings. The third kappa shape index (κ3) is 5.59. The van der Waals surface area contributed by atoms with Gasteiger partial charge in [0.15, 0.2) is 17.5 Å². The Hall–Kier alpha value is -4.91. The van der Waals surface area contributed by atoms with Crippen molar-refractivity contribution >= 4 is 12.6 Å². The zero-order chi connectivity index (χ0) is 31.0. The molecule has 0 atom stereocenters. The van der Waals surface area contributed by atoms with Gasteiger partial charge in [0, 0.05) is 16.7 Å². The smallest absolute Gasteiger partial charge is 0.399 e. The molecule has 0 N–H and O–H groups in total. The number of hydrogen-bond donors (Lipinski definition) is 0. The van der Waals surface area contributed by atoms with Crippen LogP contribution in [0.5, 0.6) is 0 Å². The quantitative estimate of drug-likeness (QED) is 0.183. The van der Waals surface area contributed by atoms with Gasteiger partial charge in [-0.25, -0.2) is 15.0 Å². The molecule has 1 aromatic heterocycles. The molecular formula is C39H34BN3O2. The molecule has 45 heavy (non-hydrogen) atoms. The minimum atomic E-state index is -0.455. The number of hydrogen-bond acceptors (Lipinski definition) is 5. The van der Waals surface area contributed by atoms with Gasteiger partial charge in [-0.2, -0.15) is 0 Å². The van der Waals surface area contributed by atoms with Crippen molar-refractivity contribution in [3.63, 3.8) is 0 Å². The minimum Gasteiger partial charge on any atom is -0.399 e. The van der Waals surface area contributed by atoms with Crippen LogP contribution in [0.2, 0.25) is 0 Å². The maximum absolute atomic E-state index is 6.46. The lowest BCUT2D eigenvalue weighted by atomic mass is 9.73. The van der Waals surface area contributed by atoms with Gasteiger partial charge in [-0.15, -0.1) is 0 Å². The normalized spacial score (nSPS) is 15.2. The lowest BCUT2D eigenvalue weighted by Gasteiger charge is -2.32. The fourth-order valence-corrected chi connectivity index (χ4v) is 5.62. The molecule has 1 aliphatic heterocycles. The second-order valence-electron chi connectivity index (χ2n) is 12.3. The third-order valence-electron chi connectivity index (χ3n) is 8.84. The summed E-state index contributed by atoms with van der Waals surface area (Å²) in [6.45, 7) is 8.35. The number of aromatic nitrogens is 3. The molecule has 1 saturated heterocycles. The maximum Gasteiger partial charge on any atom is 0.495 e. The summed E-state index contributed by atoms with van der Waals surface area (Å²) in [5.41, 5.74) is 7.43. The van der Waals surface area contributed by atoms with Crippen LogP contribution in [0.1, 0.15) is 27.7 Å². The third-order valence-corrected chi connectivity index (χ3v) is 8.84. The van der Waals surface area contributed by atoms with E-state index < -0.39 is 18.3 Å². The molecule has 0 spiro atoms. The fraction of sp³-hybridized carbons (Fsp3) is 0.154. The lowest BCUT2D eigenvalue weighted by molar-refractivity contribution is 0.00578. The summed E-state index contributed by atoms with van der Waals surface area (Å²) >= 11 is 0. The van der Waals surface area contributed by atoms with E-state index in [0.29, 0.717) is 17.5 Å². The molecule has 0 saturated carbocycles. The lowest BCUT2D eigenvalue weighted by Crippen LogP contribution is -2.41. The van der Waals surface area contributed by atoms with Gasteiger partial charge in [-0.3, -0.25) is 0 Å². The van der Waals surface area contributed by atoms with Gasteiger partial charge in [0.05, 0.1) is 11.2 Å². The summed E-state index contributed by atoms with van der Waals surface area (Å²) in [6.07, 6.45) is 0. The van der Waals surface area contributed by atoms with Crippen LogP contribution in [-0.4, -0.2) is 33.3 Å². The van der Waals surface area contributed by atoms with Gasteiger partial charge in [0.2, 0.25) is 0 Å². The van der Waals surface area contributed by atoms with Crippen LogP contribution in [0.4, 0.5) is 0 Å². The number of nitrogens with zero attached hydrogens (tertiary/aromatic N) is 3. The average Bonchev–Trinajstić information content (AvgIpc) is 3.31. The van der Waals surface area contributed by atoms with E-state index in [0.717, 1.165) is 44.4 Å². The molecule has 0 unspecified atom stereocenters. The Morgan fingerprint density at radius 2 is 0.778 bits per heavy atom. The Labute approximate surface area is 265 Å². The van der Waals surface area contributed by atoms with E-state index in [-0.39, 0.29) is 0 Å². The second kappa shape index (κ2) is 11.5. The molecule has 0 bridgehead atoms. The van der Waals surface area contributed by atoms with E-state index in [1.807, 2.05) is 66.7 Å². The average molecular weight is 588 g/mol. The summed E-state index contributed by atoms with van der Waals surface area (Å²) < 4.78 is 12.9. The van der Waals surface area contributed by atoms with Gasteiger partial charge >= 0.3 is 7.12 Å². The molecule has 2 heterocycles. The second-order valence-corrected chi connectivity index (χ2v) is 12.3. The molecule has 0 radical (unpaired) electrons. The van der Waals surface area contributed by atoms with Crippen molar-refractivity contribution in [2.45, 2.75) is 38.9 Å². The molecular weight excluding hydrogens is 553 g/mol. The highest BCUT2D eigenvalue weighted by Crippen LogP contribution is 2.39. The highest BCUT2D eigenvalue weighted by atomic mass is 16.7. The summed E-state index contributed by atoms with van der Waals surface area (Å²) in [7, 11) is -0.455. The largest absolute Gasteiger partial charge is 0.495 e. The Morgan fingerprint density at radius 3 is 1.29 bits per heavy atom. The van der Waals surface area contributed by atoms with Crippen LogP contribution in [0.15, 0.2) is 133 Å². The Balaban J connectivity index is 1.27. The first-order chi connectivity index (χ1) is 21.8. The van der Waals surface area contributed by atoms with E-state index in [1.165, 1.54) is 0 Å². The van der Waals surface area contributed by atoms with Gasteiger partial charge in [-0.05, 0) is 55.4 Å². The fourth-order valence-electron chi connectivity index (χ4n) is 5.62. The van der Waals surface area contributed by atoms with Crippen LogP contribution >= 0.6 is 0 Å². The highest BCUT2D eigenvalue weighted by Gasteiger charge is 2.52. The molecule has 5 aromatic carbocycles. The molecule has 1 aliphatic rings. The number of rotatable bonds is 6.